The normalized spacial score (nSPS) is 11.5. The molecular formula is C20H36AlLiN6O5S2. The van der Waals surface area contributed by atoms with E-state index in [0.717, 1.165) is 0 Å². The number of aromatic nitrogens is 4. The summed E-state index contributed by atoms with van der Waals surface area (Å²) >= 11 is 2.80. The Labute approximate surface area is 238 Å². The van der Waals surface area contributed by atoms with Gasteiger partial charge < -0.3 is 32.1 Å². The summed E-state index contributed by atoms with van der Waals surface area (Å²) in [7, 11) is 0. The van der Waals surface area contributed by atoms with E-state index < -0.39 is 18.2 Å². The average molecular weight is 539 g/mol. The first-order valence-electron chi connectivity index (χ1n) is 10.2. The fraction of sp³-hybridized carbons (Fsp3) is 0.550. The molecule has 0 radical (unpaired) electrons. The molecule has 15 heteroatoms. The number of hydrogen-bond acceptors (Lipinski definition) is 13. The van der Waals surface area contributed by atoms with Gasteiger partial charge in [0.05, 0.1) is 25.4 Å². The molecule has 0 saturated heterocycles. The molecule has 2 aromatic heterocycles. The van der Waals surface area contributed by atoms with Gasteiger partial charge in [-0.25, -0.2) is 24.7 Å². The number of nitrogens with one attached hydrogen (secondary N) is 2. The number of carbonyl (C=O) groups is 1. The number of hydrogen-bond donors (Lipinski definition) is 5. The van der Waals surface area contributed by atoms with E-state index in [2.05, 4.69) is 30.6 Å². The molecule has 2 atom stereocenters. The standard InChI is InChI=1S/C11H17N3O3S.C9H15N3O2S.Al.Li.4H/c1-4-17-10(16)8-6-13-11(18-3)14-9(8)12-5-7(2)15;1-6(14)3-10-8-7(5-13)4-11-9(12-8)15-2;;;;;;/h6-7,15H,4-5H2,1-3H3,(H,12,13,14);4,6,13-14H,3,5H2,1-2H3,(H,10,11,12);;;;;;/q;;;+1;;;;-1/t7-;6-;;;;;;/m00....../s1. The summed E-state index contributed by atoms with van der Waals surface area (Å²) < 4.78 is 4.92. The molecule has 0 aliphatic rings. The van der Waals surface area contributed by atoms with Crippen molar-refractivity contribution in [2.75, 3.05) is 42.8 Å². The monoisotopic (exact) mass is 538 g/mol. The number of aliphatic hydroxyl groups is 3. The second-order valence-corrected chi connectivity index (χ2v) is 8.23. The molecule has 0 fully saturated rings. The maximum Gasteiger partial charge on any atom is 1.00 e. The van der Waals surface area contributed by atoms with Crippen LogP contribution in [0.25, 0.3) is 0 Å². The van der Waals surface area contributed by atoms with E-state index in [1.54, 1.807) is 27.0 Å². The van der Waals surface area contributed by atoms with Crippen LogP contribution in [-0.4, -0.2) is 103 Å². The van der Waals surface area contributed by atoms with E-state index in [9.17, 15) is 9.90 Å². The summed E-state index contributed by atoms with van der Waals surface area (Å²) in [6.45, 7) is 5.94. The molecule has 0 amide bonds. The van der Waals surface area contributed by atoms with Gasteiger partial charge in [-0.15, -0.1) is 0 Å². The fourth-order valence-electron chi connectivity index (χ4n) is 2.20. The molecule has 11 nitrogen and oxygen atoms in total. The van der Waals surface area contributed by atoms with Crippen LogP contribution in [0.3, 0.4) is 0 Å². The molecule has 0 aliphatic heterocycles. The van der Waals surface area contributed by atoms with Crippen LogP contribution in [0.15, 0.2) is 22.7 Å². The van der Waals surface area contributed by atoms with Gasteiger partial charge in [0.2, 0.25) is 0 Å². The van der Waals surface area contributed by atoms with Crippen LogP contribution in [0, 0.1) is 0 Å². The number of anilines is 2. The first-order valence-corrected chi connectivity index (χ1v) is 12.6. The van der Waals surface area contributed by atoms with Gasteiger partial charge in [0.25, 0.3) is 0 Å². The number of ether oxygens (including phenoxy) is 1. The van der Waals surface area contributed by atoms with E-state index in [4.69, 9.17) is 14.9 Å². The molecule has 35 heavy (non-hydrogen) atoms. The van der Waals surface area contributed by atoms with E-state index in [-0.39, 0.29) is 49.8 Å². The van der Waals surface area contributed by atoms with Gasteiger partial charge in [0.1, 0.15) is 17.2 Å². The molecule has 5 N–H and O–H groups in total. The van der Waals surface area contributed by atoms with Crippen molar-refractivity contribution in [1.29, 1.82) is 0 Å². The molecule has 0 saturated carbocycles. The molecule has 0 spiro atoms. The summed E-state index contributed by atoms with van der Waals surface area (Å²) in [5.41, 5.74) is 0.906. The molecular weight excluding hydrogens is 502 g/mol. The second-order valence-electron chi connectivity index (χ2n) is 6.69. The second kappa shape index (κ2) is 20.0. The summed E-state index contributed by atoms with van der Waals surface area (Å²) in [5, 5.41) is 34.5. The van der Waals surface area contributed by atoms with Crippen molar-refractivity contribution >= 4 is 58.5 Å². The Morgan fingerprint density at radius 2 is 1.51 bits per heavy atom. The van der Waals surface area contributed by atoms with Gasteiger partial charge in [-0.2, -0.15) is 0 Å². The van der Waals surface area contributed by atoms with Crippen LogP contribution in [0.2, 0.25) is 0 Å². The van der Waals surface area contributed by atoms with Crippen molar-refractivity contribution < 1.29 is 45.1 Å². The van der Waals surface area contributed by atoms with Gasteiger partial charge in [-0.05, 0) is 33.3 Å². The smallest absolute Gasteiger partial charge is 1.00 e. The van der Waals surface area contributed by atoms with Gasteiger partial charge in [-0.3, -0.25) is 0 Å². The Kier molecular flexibility index (Phi) is 20.7. The topological polar surface area (TPSA) is 163 Å². The van der Waals surface area contributed by atoms with E-state index >= 15 is 0 Å². The zero-order valence-corrected chi connectivity index (χ0v) is 22.0. The molecule has 2 heterocycles. The number of thioether (sulfide) groups is 2. The molecule has 0 unspecified atom stereocenters. The predicted octanol–water partition coefficient (Wildman–Crippen LogP) is -2.42. The summed E-state index contributed by atoms with van der Waals surface area (Å²) in [5.74, 6) is 0.490. The largest absolute Gasteiger partial charge is 1.00 e. The molecule has 0 aromatic carbocycles. The number of carbonyl (C=O) groups excluding carboxylic acids is 1. The number of rotatable bonds is 11. The van der Waals surface area contributed by atoms with Crippen molar-refractivity contribution in [3.05, 3.63) is 23.5 Å². The molecule has 0 bridgehead atoms. The molecule has 192 valence electrons. The minimum absolute atomic E-state index is 0. The van der Waals surface area contributed by atoms with Gasteiger partial charge >= 0.3 is 24.8 Å². The van der Waals surface area contributed by atoms with Gasteiger partial charge in [0, 0.05) is 31.0 Å². The molecule has 2 aromatic rings. The molecule has 0 aliphatic carbocycles. The van der Waals surface area contributed by atoms with E-state index in [1.807, 2.05) is 12.5 Å². The Bertz CT molecular complexity index is 892. The third-order valence-electron chi connectivity index (χ3n) is 3.77. The minimum atomic E-state index is -0.534. The van der Waals surface area contributed by atoms with Crippen molar-refractivity contribution in [2.45, 2.75) is 49.9 Å². The minimum Gasteiger partial charge on any atom is -1.00 e. The van der Waals surface area contributed by atoms with Crippen molar-refractivity contribution in [3.63, 3.8) is 0 Å². The van der Waals surface area contributed by atoms with Gasteiger partial charge in [0.15, 0.2) is 27.7 Å². The van der Waals surface area contributed by atoms with E-state index in [1.165, 1.54) is 29.7 Å². The number of nitrogens with zero attached hydrogens (tertiary/aromatic N) is 4. The Morgan fingerprint density at radius 3 is 1.97 bits per heavy atom. The zero-order chi connectivity index (χ0) is 24.8. The average Bonchev–Trinajstić information content (AvgIpc) is 2.81. The maximum atomic E-state index is 11.7. The Morgan fingerprint density at radius 1 is 1.03 bits per heavy atom. The quantitative estimate of drug-likeness (QED) is 0.0890. The van der Waals surface area contributed by atoms with Crippen LogP contribution >= 0.6 is 23.5 Å². The Balaban J connectivity index is -0.000000566. The first-order chi connectivity index (χ1) is 15.7. The van der Waals surface area contributed by atoms with Crippen LogP contribution in [0.1, 0.15) is 38.1 Å². The number of esters is 1. The van der Waals surface area contributed by atoms with E-state index in [0.29, 0.717) is 47.2 Å². The third kappa shape index (κ3) is 13.7. The van der Waals surface area contributed by atoms with Gasteiger partial charge in [-0.1, -0.05) is 23.5 Å². The van der Waals surface area contributed by atoms with Crippen molar-refractivity contribution in [3.8, 4) is 0 Å². The maximum absolute atomic E-state index is 11.7. The first kappa shape index (κ1) is 36.1. The third-order valence-corrected chi connectivity index (χ3v) is 4.89. The predicted molar refractivity (Wildman–Crippen MR) is 141 cm³/mol. The van der Waals surface area contributed by atoms with Crippen molar-refractivity contribution in [2.24, 2.45) is 0 Å². The summed E-state index contributed by atoms with van der Waals surface area (Å²) in [6.07, 6.45) is 5.76. The number of aliphatic hydroxyl groups excluding tert-OH is 3. The van der Waals surface area contributed by atoms with Crippen LogP contribution in [0.4, 0.5) is 11.6 Å². The van der Waals surface area contributed by atoms with Crippen LogP contribution in [0.5, 0.6) is 0 Å². The van der Waals surface area contributed by atoms with Crippen LogP contribution < -0.4 is 29.5 Å². The zero-order valence-electron chi connectivity index (χ0n) is 21.4. The SMILES string of the molecule is CCOC(=O)c1cnc(SC)nc1NC[C@H](C)O.CSc1ncc(CO)c(NC[C@H](C)O)n1.[AlH3].[H-].[Li+]. The summed E-state index contributed by atoms with van der Waals surface area (Å²) in [4.78, 5) is 28.2. The summed E-state index contributed by atoms with van der Waals surface area (Å²) in [6, 6.07) is 0. The fourth-order valence-corrected chi connectivity index (χ4v) is 2.88. The van der Waals surface area contributed by atoms with Crippen molar-refractivity contribution in [1.82, 2.24) is 19.9 Å². The van der Waals surface area contributed by atoms with Crippen LogP contribution in [-0.2, 0) is 11.3 Å². The Hall–Kier alpha value is -1.06. The molecule has 2 rings (SSSR count).